The number of halogens is 1. The predicted molar refractivity (Wildman–Crippen MR) is 110 cm³/mol. The molecule has 3 N–H and O–H groups in total. The van der Waals surface area contributed by atoms with E-state index < -0.39 is 65.2 Å². The molecule has 1 aliphatic rings. The predicted octanol–water partition coefficient (Wildman–Crippen LogP) is 0.678. The second kappa shape index (κ2) is 8.66. The van der Waals surface area contributed by atoms with E-state index in [9.17, 15) is 24.3 Å². The average molecular weight is 459 g/mol. The number of amides is 1. The molecule has 0 spiro atoms. The van der Waals surface area contributed by atoms with Crippen LogP contribution in [0.4, 0.5) is 9.18 Å². The van der Waals surface area contributed by atoms with Crippen molar-refractivity contribution >= 4 is 12.1 Å². The van der Waals surface area contributed by atoms with Gasteiger partial charge in [-0.2, -0.15) is 0 Å². The lowest BCUT2D eigenvalue weighted by molar-refractivity contribution is -0.155. The largest absolute Gasteiger partial charge is 0.461 e. The molecule has 0 saturated carbocycles. The maximum atomic E-state index is 15.6. The third kappa shape index (κ3) is 5.18. The molecule has 12 heteroatoms. The van der Waals surface area contributed by atoms with E-state index in [1.165, 1.54) is 13.8 Å². The molecule has 11 nitrogen and oxygen atoms in total. The topological polar surface area (TPSA) is 149 Å². The summed E-state index contributed by atoms with van der Waals surface area (Å²) >= 11 is 0. The van der Waals surface area contributed by atoms with Gasteiger partial charge >= 0.3 is 17.8 Å². The molecular weight excluding hydrogens is 429 g/mol. The van der Waals surface area contributed by atoms with Crippen LogP contribution < -0.4 is 16.6 Å². The Bertz CT molecular complexity index is 992. The maximum absolute atomic E-state index is 15.6. The summed E-state index contributed by atoms with van der Waals surface area (Å²) in [7, 11) is 0. The van der Waals surface area contributed by atoms with E-state index in [4.69, 9.17) is 14.2 Å². The first kappa shape index (κ1) is 25.5. The zero-order valence-electron chi connectivity index (χ0n) is 19.1. The van der Waals surface area contributed by atoms with Crippen molar-refractivity contribution in [2.45, 2.75) is 83.7 Å². The van der Waals surface area contributed by atoms with Gasteiger partial charge in [0.15, 0.2) is 11.9 Å². The molecule has 1 aliphatic heterocycles. The number of alkyl carbamates (subject to hydrolysis) is 1. The van der Waals surface area contributed by atoms with Crippen LogP contribution in [0, 0.1) is 6.92 Å². The summed E-state index contributed by atoms with van der Waals surface area (Å²) in [5.74, 6) is -0.865. The third-order valence-corrected chi connectivity index (χ3v) is 5.24. The number of ether oxygens (including phenoxy) is 3. The molecule has 5 atom stereocenters. The number of aromatic amines is 1. The van der Waals surface area contributed by atoms with Gasteiger partial charge in [-0.05, 0) is 48.5 Å². The molecule has 1 fully saturated rings. The third-order valence-electron chi connectivity index (χ3n) is 5.24. The Hall–Kier alpha value is -2.73. The number of aromatic nitrogens is 2. The van der Waals surface area contributed by atoms with Crippen molar-refractivity contribution in [2.24, 2.45) is 0 Å². The van der Waals surface area contributed by atoms with Crippen LogP contribution in [0.5, 0.6) is 0 Å². The van der Waals surface area contributed by atoms with Crippen LogP contribution in [-0.4, -0.2) is 62.3 Å². The van der Waals surface area contributed by atoms with Gasteiger partial charge in [-0.1, -0.05) is 0 Å². The van der Waals surface area contributed by atoms with E-state index in [2.05, 4.69) is 5.32 Å². The van der Waals surface area contributed by atoms with E-state index in [0.29, 0.717) is 0 Å². The Morgan fingerprint density at radius 1 is 1.38 bits per heavy atom. The normalized spacial score (nSPS) is 28.8. The molecule has 2 heterocycles. The Morgan fingerprint density at radius 2 is 1.97 bits per heavy atom. The molecule has 180 valence electrons. The highest BCUT2D eigenvalue weighted by molar-refractivity contribution is 5.81. The van der Waals surface area contributed by atoms with E-state index in [1.54, 1.807) is 20.8 Å². The number of nitrogens with one attached hydrogen (secondary N) is 2. The fourth-order valence-electron chi connectivity index (χ4n) is 3.10. The van der Waals surface area contributed by atoms with Crippen molar-refractivity contribution in [2.75, 3.05) is 6.61 Å². The van der Waals surface area contributed by atoms with Gasteiger partial charge in [0.05, 0.1) is 0 Å². The molecule has 1 aromatic heterocycles. The van der Waals surface area contributed by atoms with Gasteiger partial charge in [0.2, 0.25) is 0 Å². The van der Waals surface area contributed by atoms with Gasteiger partial charge in [0.1, 0.15) is 30.0 Å². The van der Waals surface area contributed by atoms with Crippen molar-refractivity contribution in [3.05, 3.63) is 32.6 Å². The number of hydrogen-bond acceptors (Lipinski definition) is 8. The molecule has 1 saturated heterocycles. The van der Waals surface area contributed by atoms with Crippen molar-refractivity contribution in [3.63, 3.8) is 0 Å². The number of carbonyl (C=O) groups is 2. The number of aryl methyl sites for hydroxylation is 1. The number of aliphatic hydroxyl groups is 1. The van der Waals surface area contributed by atoms with Crippen LogP contribution in [0.3, 0.4) is 0 Å². The molecule has 32 heavy (non-hydrogen) atoms. The van der Waals surface area contributed by atoms with Crippen molar-refractivity contribution in [1.82, 2.24) is 14.9 Å². The zero-order chi connectivity index (χ0) is 24.6. The Balaban J connectivity index is 2.12. The van der Waals surface area contributed by atoms with Crippen LogP contribution in [0.25, 0.3) is 0 Å². The SMILES string of the molecule is Cc1cn([C@H]2O[C@@H](COC(=O)C(C)NC(=O)OC(C)(C)C)[C@](C)(O)[C@@]2(C)F)c(=O)[nH]c1=O. The molecule has 1 aromatic rings. The first-order chi connectivity index (χ1) is 14.5. The minimum atomic E-state index is -2.49. The highest BCUT2D eigenvalue weighted by atomic mass is 19.1. The number of alkyl halides is 1. The van der Waals surface area contributed by atoms with Gasteiger partial charge < -0.3 is 24.6 Å². The van der Waals surface area contributed by atoms with E-state index >= 15 is 4.39 Å². The zero-order valence-corrected chi connectivity index (χ0v) is 19.1. The second-order valence-electron chi connectivity index (χ2n) is 9.18. The van der Waals surface area contributed by atoms with Gasteiger partial charge in [-0.15, -0.1) is 0 Å². The number of hydrogen-bond donors (Lipinski definition) is 3. The van der Waals surface area contributed by atoms with Crippen molar-refractivity contribution in [3.8, 4) is 0 Å². The Labute approximate surface area is 183 Å². The summed E-state index contributed by atoms with van der Waals surface area (Å²) < 4.78 is 32.1. The van der Waals surface area contributed by atoms with E-state index in [1.807, 2.05) is 4.98 Å². The van der Waals surface area contributed by atoms with Gasteiger partial charge in [0.25, 0.3) is 5.56 Å². The minimum Gasteiger partial charge on any atom is -0.461 e. The lowest BCUT2D eigenvalue weighted by Gasteiger charge is -2.33. The van der Waals surface area contributed by atoms with Crippen LogP contribution in [0.2, 0.25) is 0 Å². The highest BCUT2D eigenvalue weighted by Crippen LogP contribution is 2.47. The van der Waals surface area contributed by atoms with Crippen molar-refractivity contribution < 1.29 is 33.3 Å². The molecule has 1 unspecified atom stereocenters. The summed E-state index contributed by atoms with van der Waals surface area (Å²) in [5, 5.41) is 13.1. The maximum Gasteiger partial charge on any atom is 0.408 e. The molecule has 0 aromatic carbocycles. The summed E-state index contributed by atoms with van der Waals surface area (Å²) in [4.78, 5) is 49.9. The number of nitrogens with zero attached hydrogens (tertiary/aromatic N) is 1. The lowest BCUT2D eigenvalue weighted by atomic mass is 9.84. The molecule has 0 radical (unpaired) electrons. The standard InChI is InChI=1S/C20H30FN3O8/c1-10-8-24(16(27)23-13(10)25)15-19(6,21)20(7,29)12(31-15)9-30-14(26)11(2)22-17(28)32-18(3,4)5/h8,11-12,15,29H,9H2,1-7H3,(H,22,28)(H,23,25,27)/t11?,12-,15-,19-,20-/m0/s1. The summed E-state index contributed by atoms with van der Waals surface area (Å²) in [5.41, 5.74) is -6.82. The van der Waals surface area contributed by atoms with Gasteiger partial charge in [0, 0.05) is 11.8 Å². The van der Waals surface area contributed by atoms with Crippen LogP contribution >= 0.6 is 0 Å². The Morgan fingerprint density at radius 3 is 2.53 bits per heavy atom. The molecular formula is C20H30FN3O8. The van der Waals surface area contributed by atoms with Crippen LogP contribution in [0.15, 0.2) is 15.8 Å². The van der Waals surface area contributed by atoms with Crippen molar-refractivity contribution in [1.29, 1.82) is 0 Å². The molecule has 0 aliphatic carbocycles. The number of esters is 1. The minimum absolute atomic E-state index is 0.139. The quantitative estimate of drug-likeness (QED) is 0.544. The first-order valence-corrected chi connectivity index (χ1v) is 10.0. The number of rotatable bonds is 5. The van der Waals surface area contributed by atoms with Crippen LogP contribution in [0.1, 0.15) is 53.3 Å². The van der Waals surface area contributed by atoms with Gasteiger partial charge in [-0.25, -0.2) is 18.8 Å². The number of carbonyl (C=O) groups excluding carboxylic acids is 2. The smallest absolute Gasteiger partial charge is 0.408 e. The van der Waals surface area contributed by atoms with Gasteiger partial charge in [-0.3, -0.25) is 14.3 Å². The summed E-state index contributed by atoms with van der Waals surface area (Å²) in [6.45, 7) is 9.41. The molecule has 1 amide bonds. The fourth-order valence-corrected chi connectivity index (χ4v) is 3.10. The number of H-pyrrole nitrogens is 1. The second-order valence-corrected chi connectivity index (χ2v) is 9.18. The Kier molecular flexibility index (Phi) is 6.91. The van der Waals surface area contributed by atoms with Crippen LogP contribution in [-0.2, 0) is 19.0 Å². The molecule has 0 bridgehead atoms. The average Bonchev–Trinajstić information content (AvgIpc) is 2.79. The lowest BCUT2D eigenvalue weighted by Crippen LogP contribution is -2.53. The summed E-state index contributed by atoms with van der Waals surface area (Å²) in [6.07, 6.45) is -2.64. The highest BCUT2D eigenvalue weighted by Gasteiger charge is 2.63. The van der Waals surface area contributed by atoms with E-state index in [-0.39, 0.29) is 5.56 Å². The molecule has 2 rings (SSSR count). The monoisotopic (exact) mass is 459 g/mol. The van der Waals surface area contributed by atoms with E-state index in [0.717, 1.165) is 24.6 Å². The summed E-state index contributed by atoms with van der Waals surface area (Å²) in [6, 6.07) is -1.09. The first-order valence-electron chi connectivity index (χ1n) is 10.0. The fraction of sp³-hybridized carbons (Fsp3) is 0.700.